The summed E-state index contributed by atoms with van der Waals surface area (Å²) in [6.07, 6.45) is 11.3. The quantitative estimate of drug-likeness (QED) is 0.0324. The molecule has 0 spiro atoms. The van der Waals surface area contributed by atoms with Gasteiger partial charge in [0.2, 0.25) is 17.7 Å². The summed E-state index contributed by atoms with van der Waals surface area (Å²) in [5.74, 6) is -0.114. The molecule has 0 bridgehead atoms. The van der Waals surface area contributed by atoms with Crippen LogP contribution in [0.15, 0.2) is 24.3 Å². The lowest BCUT2D eigenvalue weighted by molar-refractivity contribution is -0.123. The predicted molar refractivity (Wildman–Crippen MR) is 230 cm³/mol. The van der Waals surface area contributed by atoms with Crippen molar-refractivity contribution in [1.29, 1.82) is 10.8 Å². The third kappa shape index (κ3) is 27.1. The van der Waals surface area contributed by atoms with Gasteiger partial charge >= 0.3 is 0 Å². The zero-order chi connectivity index (χ0) is 36.4. The number of unbranched alkanes of at least 4 members (excludes halogenated alkanes) is 4. The van der Waals surface area contributed by atoms with Crippen LogP contribution in [0.3, 0.4) is 0 Å². The minimum atomic E-state index is -0.549. The van der Waals surface area contributed by atoms with E-state index in [1.165, 1.54) is 5.56 Å². The van der Waals surface area contributed by atoms with Gasteiger partial charge in [0.25, 0.3) is 0 Å². The first-order valence-corrected chi connectivity index (χ1v) is 18.0. The lowest BCUT2D eigenvalue weighted by Gasteiger charge is -2.23. The highest BCUT2D eigenvalue weighted by atomic mass is 32.1. The Morgan fingerprint density at radius 3 is 1.50 bits per heavy atom. The van der Waals surface area contributed by atoms with Crippen molar-refractivity contribution in [3.05, 3.63) is 29.8 Å². The highest BCUT2D eigenvalue weighted by Crippen LogP contribution is 2.13. The number of amides is 3. The highest BCUT2D eigenvalue weighted by molar-refractivity contribution is 7.59. The smallest absolute Gasteiger partial charge is 0.241 e. The average Bonchev–Trinajstić information content (AvgIpc) is 3.07. The van der Waals surface area contributed by atoms with Gasteiger partial charge < -0.3 is 49.5 Å². The number of nitrogens with zero attached hydrogens (tertiary/aromatic N) is 1. The van der Waals surface area contributed by atoms with Crippen molar-refractivity contribution >= 4 is 75.6 Å². The van der Waals surface area contributed by atoms with Gasteiger partial charge in [-0.3, -0.25) is 25.2 Å². The third-order valence-corrected chi connectivity index (χ3v) is 8.43. The van der Waals surface area contributed by atoms with Crippen molar-refractivity contribution in [2.45, 2.75) is 121 Å². The zero-order valence-electron chi connectivity index (χ0n) is 31.2. The summed E-state index contributed by atoms with van der Waals surface area (Å²) in [7, 11) is 0. The van der Waals surface area contributed by atoms with E-state index in [9.17, 15) is 14.4 Å². The fourth-order valence-corrected chi connectivity index (χ4v) is 5.28. The van der Waals surface area contributed by atoms with Crippen molar-refractivity contribution in [2.75, 3.05) is 38.0 Å². The van der Waals surface area contributed by atoms with Crippen LogP contribution in [-0.4, -0.2) is 85.1 Å². The first-order chi connectivity index (χ1) is 23.4. The van der Waals surface area contributed by atoms with Gasteiger partial charge in [-0.25, -0.2) is 0 Å². The second-order valence-corrected chi connectivity index (χ2v) is 12.9. The summed E-state index contributed by atoms with van der Waals surface area (Å²) in [4.78, 5) is 39.4. The second kappa shape index (κ2) is 33.1. The minimum Gasteiger partial charge on any atom is -0.388 e. The van der Waals surface area contributed by atoms with E-state index in [1.807, 2.05) is 31.2 Å². The summed E-state index contributed by atoms with van der Waals surface area (Å²) < 4.78 is 0. The Morgan fingerprint density at radius 1 is 0.635 bits per heavy atom. The van der Waals surface area contributed by atoms with E-state index in [0.717, 1.165) is 89.5 Å². The van der Waals surface area contributed by atoms with Gasteiger partial charge in [-0.05, 0) is 95.1 Å². The van der Waals surface area contributed by atoms with Crippen molar-refractivity contribution in [3.63, 3.8) is 0 Å². The molecule has 0 saturated heterocycles. The van der Waals surface area contributed by atoms with E-state index >= 15 is 0 Å². The first-order valence-electron chi connectivity index (χ1n) is 18.0. The van der Waals surface area contributed by atoms with Crippen LogP contribution in [0.4, 0.5) is 5.69 Å². The van der Waals surface area contributed by atoms with Crippen molar-refractivity contribution in [2.24, 2.45) is 28.7 Å². The van der Waals surface area contributed by atoms with Crippen LogP contribution in [-0.2, 0) is 20.8 Å². The predicted octanol–water partition coefficient (Wildman–Crippen LogP) is 2.38. The van der Waals surface area contributed by atoms with Gasteiger partial charge in [0, 0.05) is 31.6 Å². The molecular weight excluding hydrogens is 719 g/mol. The maximum absolute atomic E-state index is 12.5. The Balaban J connectivity index is -0.00000800. The molecule has 3 atom stereocenters. The molecule has 0 aromatic heterocycles. The molecule has 0 aliphatic heterocycles. The zero-order valence-corrected chi connectivity index (χ0v) is 34.2. The van der Waals surface area contributed by atoms with E-state index in [2.05, 4.69) is 20.9 Å². The molecule has 0 aliphatic rings. The molecule has 1 aromatic carbocycles. The Hall–Kier alpha value is -2.54. The van der Waals surface area contributed by atoms with Crippen LogP contribution in [0.1, 0.15) is 102 Å². The number of nitrogens with one attached hydrogen (secondary N) is 5. The number of carbonyl (C=O) groups is 3. The van der Waals surface area contributed by atoms with Crippen LogP contribution in [0.2, 0.25) is 0 Å². The summed E-state index contributed by atoms with van der Waals surface area (Å²) in [6.45, 7) is 5.36. The second-order valence-electron chi connectivity index (χ2n) is 12.9. The number of nitrogens with two attached hydrogens (primary N) is 5. The summed E-state index contributed by atoms with van der Waals surface area (Å²) in [5, 5.41) is 23.3. The molecule has 0 heterocycles. The Labute approximate surface area is 333 Å². The van der Waals surface area contributed by atoms with E-state index in [1.54, 1.807) is 0 Å². The van der Waals surface area contributed by atoms with Gasteiger partial charge in [-0.2, -0.15) is 40.5 Å². The number of anilines is 1. The van der Waals surface area contributed by atoms with Gasteiger partial charge in [0.1, 0.15) is 0 Å². The van der Waals surface area contributed by atoms with Crippen LogP contribution in [0.5, 0.6) is 0 Å². The van der Waals surface area contributed by atoms with Gasteiger partial charge in [-0.1, -0.05) is 44.7 Å². The SMILES string of the molecule is CC[C@H](N)C(=O)Nc1ccc(CCCN(CCCNC(=O)[C@@H](N)CCCCCC(=N)N)CCCNC(=O)[C@@H](N)CCCCCC(=N)N)cc1.S.S.S. The van der Waals surface area contributed by atoms with E-state index < -0.39 is 18.1 Å². The monoisotopic (exact) mass is 789 g/mol. The fraction of sp³-hybridized carbons (Fsp3) is 0.686. The molecule has 14 nitrogen and oxygen atoms in total. The number of rotatable bonds is 29. The third-order valence-electron chi connectivity index (χ3n) is 8.43. The van der Waals surface area contributed by atoms with Gasteiger partial charge in [0.15, 0.2) is 0 Å². The Kier molecular flexibility index (Phi) is 34.2. The maximum atomic E-state index is 12.5. The van der Waals surface area contributed by atoms with Crippen molar-refractivity contribution in [1.82, 2.24) is 15.5 Å². The number of carbonyl (C=O) groups excluding carboxylic acids is 3. The largest absolute Gasteiger partial charge is 0.388 e. The minimum absolute atomic E-state index is 0. The molecule has 1 aromatic rings. The Bertz CT molecular complexity index is 1080. The molecule has 0 saturated carbocycles. The summed E-state index contributed by atoms with van der Waals surface area (Å²) in [5.41, 5.74) is 30.6. The Morgan fingerprint density at radius 2 is 1.08 bits per heavy atom. The topological polar surface area (TPSA) is 268 Å². The van der Waals surface area contributed by atoms with Crippen LogP contribution >= 0.6 is 40.5 Å². The van der Waals surface area contributed by atoms with E-state index in [-0.39, 0.29) is 69.9 Å². The number of hydrogen-bond acceptors (Lipinski definition) is 9. The highest BCUT2D eigenvalue weighted by Gasteiger charge is 2.15. The van der Waals surface area contributed by atoms with Gasteiger partial charge in [-0.15, -0.1) is 0 Å². The molecule has 17 heteroatoms. The molecular formula is C35H71N11O3S3. The number of amidine groups is 2. The molecule has 0 radical (unpaired) electrons. The number of aryl methyl sites for hydroxylation is 1. The summed E-state index contributed by atoms with van der Waals surface area (Å²) >= 11 is 0. The number of benzene rings is 1. The average molecular weight is 790 g/mol. The molecule has 3 amide bonds. The molecule has 0 unspecified atom stereocenters. The molecule has 302 valence electrons. The lowest BCUT2D eigenvalue weighted by atomic mass is 10.1. The molecule has 0 aliphatic carbocycles. The lowest BCUT2D eigenvalue weighted by Crippen LogP contribution is -2.42. The molecule has 0 fully saturated rings. The van der Waals surface area contributed by atoms with Gasteiger partial charge in [0.05, 0.1) is 29.8 Å². The normalized spacial score (nSPS) is 12.2. The fourth-order valence-electron chi connectivity index (χ4n) is 5.28. The molecule has 1 rings (SSSR count). The van der Waals surface area contributed by atoms with Crippen molar-refractivity contribution in [3.8, 4) is 0 Å². The van der Waals surface area contributed by atoms with E-state index in [0.29, 0.717) is 45.2 Å². The van der Waals surface area contributed by atoms with Crippen LogP contribution in [0, 0.1) is 10.8 Å². The van der Waals surface area contributed by atoms with Crippen LogP contribution < -0.4 is 44.6 Å². The number of hydrogen-bond donors (Lipinski definition) is 10. The van der Waals surface area contributed by atoms with Crippen LogP contribution in [0.25, 0.3) is 0 Å². The molecule has 15 N–H and O–H groups in total. The first kappa shape index (κ1) is 53.8. The van der Waals surface area contributed by atoms with Crippen molar-refractivity contribution < 1.29 is 14.4 Å². The molecule has 52 heavy (non-hydrogen) atoms. The maximum Gasteiger partial charge on any atom is 0.241 e. The van der Waals surface area contributed by atoms with E-state index in [4.69, 9.17) is 39.5 Å². The standard InChI is InChI=1S/C35H65N11O3.3H2S/c1-2-28(36)35(49)45-27-19-17-26(18-20-27)12-9-23-46(24-10-21-43-33(47)29(37)13-5-3-7-15-31(39)40)25-11-22-44-34(48)30(38)14-6-4-8-16-32(41)42;;;/h17-20,28-30H,2-16,21-25,36-38H2,1H3,(H3,39,40)(H3,41,42)(H,43,47)(H,44,48)(H,45,49);3*1H2/t28-,29-,30-;;;/m0.../s1. The summed E-state index contributed by atoms with van der Waals surface area (Å²) in [6, 6.07) is 6.20.